The summed E-state index contributed by atoms with van der Waals surface area (Å²) in [7, 11) is 0. The van der Waals surface area contributed by atoms with E-state index in [1.807, 2.05) is 0 Å². The predicted molar refractivity (Wildman–Crippen MR) is 122 cm³/mol. The van der Waals surface area contributed by atoms with Crippen molar-refractivity contribution in [1.29, 1.82) is 0 Å². The summed E-state index contributed by atoms with van der Waals surface area (Å²) >= 11 is 0. The molecule has 0 saturated heterocycles. The van der Waals surface area contributed by atoms with Crippen LogP contribution in [0.2, 0.25) is 0 Å². The molecule has 3 unspecified atom stereocenters. The van der Waals surface area contributed by atoms with E-state index in [9.17, 15) is 44.1 Å². The smallest absolute Gasteiger partial charge is 0.549 e. The molecule has 9 nitrogen and oxygen atoms in total. The molecule has 0 heterocycles. The van der Waals surface area contributed by atoms with E-state index in [4.69, 9.17) is 0 Å². The SMILES string of the molecule is CC(=O)C(C(=O)[O-])C(C)(C)C.CC(=O)C(C(=O)[O-])C(C)(C)C.CC(=O)C(C(=O)[O-])C(C)(C)C.[Al+3]. The van der Waals surface area contributed by atoms with Crippen LogP contribution in [0.3, 0.4) is 0 Å². The first kappa shape index (κ1) is 39.2. The first-order valence-corrected chi connectivity index (χ1v) is 10.4. The predicted octanol–water partition coefficient (Wildman–Crippen LogP) is -0.418. The van der Waals surface area contributed by atoms with Gasteiger partial charge in [0.15, 0.2) is 0 Å². The average molecular weight is 499 g/mol. The average Bonchev–Trinajstić information content (AvgIpc) is 2.39. The quantitative estimate of drug-likeness (QED) is 0.348. The number of aliphatic carboxylic acids is 3. The Kier molecular flexibility index (Phi) is 17.3. The maximum Gasteiger partial charge on any atom is 3.00 e. The summed E-state index contributed by atoms with van der Waals surface area (Å²) in [6.45, 7) is 19.1. The molecule has 0 saturated carbocycles. The number of ketones is 3. The van der Waals surface area contributed by atoms with Crippen molar-refractivity contribution in [2.75, 3.05) is 0 Å². The number of carboxylic acid groups (broad SMARTS) is 3. The third-order valence-corrected chi connectivity index (χ3v) is 4.52. The summed E-state index contributed by atoms with van der Waals surface area (Å²) in [5, 5.41) is 31.4. The van der Waals surface area contributed by atoms with Crippen molar-refractivity contribution in [2.24, 2.45) is 34.0 Å². The van der Waals surface area contributed by atoms with Crippen LogP contribution in [-0.4, -0.2) is 52.6 Å². The Morgan fingerprint density at radius 3 is 0.559 bits per heavy atom. The molecule has 0 aliphatic heterocycles. The van der Waals surface area contributed by atoms with Crippen LogP contribution in [0.25, 0.3) is 0 Å². The Morgan fingerprint density at radius 1 is 0.441 bits per heavy atom. The van der Waals surface area contributed by atoms with Gasteiger partial charge in [-0.2, -0.15) is 0 Å². The van der Waals surface area contributed by atoms with Gasteiger partial charge in [0.25, 0.3) is 0 Å². The Morgan fingerprint density at radius 2 is 0.559 bits per heavy atom. The van der Waals surface area contributed by atoms with E-state index in [0.717, 1.165) is 0 Å². The maximum absolute atomic E-state index is 10.8. The Hall–Kier alpha value is -2.05. The van der Waals surface area contributed by atoms with E-state index in [0.29, 0.717) is 0 Å². The molecule has 0 bridgehead atoms. The summed E-state index contributed by atoms with van der Waals surface area (Å²) in [5.41, 5.74) is -1.65. The molecule has 34 heavy (non-hydrogen) atoms. The zero-order valence-corrected chi connectivity index (χ0v) is 23.6. The number of rotatable bonds is 6. The minimum Gasteiger partial charge on any atom is -0.549 e. The molecule has 0 aliphatic carbocycles. The van der Waals surface area contributed by atoms with Crippen LogP contribution in [0.5, 0.6) is 0 Å². The molecule has 0 N–H and O–H groups in total. The molecule has 0 rings (SSSR count). The minimum absolute atomic E-state index is 0. The number of Topliss-reactive ketones (excluding diaryl/α,β-unsaturated/α-hetero) is 3. The summed E-state index contributed by atoms with van der Waals surface area (Å²) in [6, 6.07) is 0. The van der Waals surface area contributed by atoms with Crippen molar-refractivity contribution >= 4 is 52.6 Å². The molecule has 0 radical (unpaired) electrons. The molecule has 0 amide bonds. The van der Waals surface area contributed by atoms with E-state index in [2.05, 4.69) is 0 Å². The van der Waals surface area contributed by atoms with Crippen molar-refractivity contribution in [3.8, 4) is 0 Å². The third-order valence-electron chi connectivity index (χ3n) is 4.52. The van der Waals surface area contributed by atoms with E-state index in [-0.39, 0.29) is 34.7 Å². The normalized spacial score (nSPS) is 13.8. The number of carbonyl (C=O) groups excluding carboxylic acids is 6. The zero-order valence-electron chi connectivity index (χ0n) is 22.5. The van der Waals surface area contributed by atoms with Gasteiger partial charge in [-0.1, -0.05) is 62.3 Å². The first-order valence-electron chi connectivity index (χ1n) is 10.4. The third kappa shape index (κ3) is 15.7. The van der Waals surface area contributed by atoms with Gasteiger partial charge in [0.1, 0.15) is 17.3 Å². The second kappa shape index (κ2) is 15.1. The largest absolute Gasteiger partial charge is 3.00 e. The Labute approximate surface area is 213 Å². The fourth-order valence-corrected chi connectivity index (χ4v) is 3.39. The van der Waals surface area contributed by atoms with Gasteiger partial charge in [-0.25, -0.2) is 0 Å². The molecule has 0 aromatic carbocycles. The first-order chi connectivity index (χ1) is 14.3. The van der Waals surface area contributed by atoms with Gasteiger partial charge in [0, 0.05) is 0 Å². The van der Waals surface area contributed by atoms with Gasteiger partial charge in [0.2, 0.25) is 0 Å². The molecule has 192 valence electrons. The number of hydrogen-bond acceptors (Lipinski definition) is 9. The fraction of sp³-hybridized carbons (Fsp3) is 0.750. The van der Waals surface area contributed by atoms with Crippen LogP contribution in [-0.2, 0) is 28.8 Å². The van der Waals surface area contributed by atoms with Crippen molar-refractivity contribution in [1.82, 2.24) is 0 Å². The maximum atomic E-state index is 10.8. The van der Waals surface area contributed by atoms with Crippen LogP contribution in [0.4, 0.5) is 0 Å². The minimum atomic E-state index is -1.29. The molecule has 3 atom stereocenters. The summed E-state index contributed by atoms with van der Waals surface area (Å²) < 4.78 is 0. The van der Waals surface area contributed by atoms with E-state index >= 15 is 0 Å². The van der Waals surface area contributed by atoms with E-state index in [1.54, 1.807) is 62.3 Å². The number of hydrogen-bond donors (Lipinski definition) is 0. The molecular weight excluding hydrogens is 459 g/mol. The second-order valence-corrected chi connectivity index (χ2v) is 11.2. The fourth-order valence-electron chi connectivity index (χ4n) is 3.39. The molecule has 0 spiro atoms. The monoisotopic (exact) mass is 498 g/mol. The Bertz CT molecular complexity index is 593. The van der Waals surface area contributed by atoms with E-state index in [1.165, 1.54) is 20.8 Å². The molecular formula is C24H39AlO9. The van der Waals surface area contributed by atoms with Gasteiger partial charge in [0.05, 0.1) is 35.7 Å². The van der Waals surface area contributed by atoms with Crippen molar-refractivity contribution < 1.29 is 44.1 Å². The van der Waals surface area contributed by atoms with Crippen molar-refractivity contribution in [3.05, 3.63) is 0 Å². The summed E-state index contributed by atoms with van der Waals surface area (Å²) in [5.74, 6) is -7.90. The van der Waals surface area contributed by atoms with Crippen LogP contribution in [0.1, 0.15) is 83.1 Å². The van der Waals surface area contributed by atoms with Gasteiger partial charge in [-0.05, 0) is 37.0 Å². The van der Waals surface area contributed by atoms with Crippen LogP contribution in [0.15, 0.2) is 0 Å². The molecule has 0 aliphatic rings. The van der Waals surface area contributed by atoms with Crippen molar-refractivity contribution in [3.63, 3.8) is 0 Å². The Balaban J connectivity index is -0.000000196. The topological polar surface area (TPSA) is 172 Å². The summed E-state index contributed by atoms with van der Waals surface area (Å²) in [6.07, 6.45) is 0. The van der Waals surface area contributed by atoms with Crippen LogP contribution in [0, 0.1) is 34.0 Å². The molecule has 0 aromatic heterocycles. The van der Waals surface area contributed by atoms with Gasteiger partial charge in [-0.15, -0.1) is 0 Å². The molecule has 0 aromatic rings. The summed E-state index contributed by atoms with van der Waals surface area (Å²) in [4.78, 5) is 63.8. The second-order valence-electron chi connectivity index (χ2n) is 11.2. The molecule has 10 heteroatoms. The van der Waals surface area contributed by atoms with Crippen LogP contribution >= 0.6 is 0 Å². The zero-order chi connectivity index (χ0) is 27.7. The van der Waals surface area contributed by atoms with Crippen molar-refractivity contribution in [2.45, 2.75) is 83.1 Å². The number of carboxylic acids is 3. The van der Waals surface area contributed by atoms with Gasteiger partial charge < -0.3 is 29.7 Å². The van der Waals surface area contributed by atoms with E-state index < -0.39 is 51.9 Å². The van der Waals surface area contributed by atoms with Gasteiger partial charge >= 0.3 is 17.4 Å². The van der Waals surface area contributed by atoms with Crippen LogP contribution < -0.4 is 15.3 Å². The number of carbonyl (C=O) groups is 6. The molecule has 0 fully saturated rings. The standard InChI is InChI=1S/3C8H14O3.Al/c3*1-5(9)6(7(10)11)8(2,3)4;/h3*6H,1-4H3,(H,10,11);/q;;;+3/p-3. The van der Waals surface area contributed by atoms with Gasteiger partial charge in [-0.3, -0.25) is 14.4 Å².